The molecule has 0 spiro atoms. The Morgan fingerprint density at radius 2 is 1.91 bits per heavy atom. The average Bonchev–Trinajstić information content (AvgIpc) is 2.89. The monoisotopic (exact) mass is 449 g/mol. The fourth-order valence-corrected chi connectivity index (χ4v) is 4.76. The van der Waals surface area contributed by atoms with Crippen molar-refractivity contribution in [1.82, 2.24) is 20.3 Å². The van der Waals surface area contributed by atoms with Crippen molar-refractivity contribution in [3.8, 4) is 11.1 Å². The lowest BCUT2D eigenvalue weighted by Gasteiger charge is -2.30. The van der Waals surface area contributed by atoms with Gasteiger partial charge in [-0.3, -0.25) is 9.78 Å². The van der Waals surface area contributed by atoms with E-state index in [1.165, 1.54) is 11.6 Å². The Kier molecular flexibility index (Phi) is 6.29. The van der Waals surface area contributed by atoms with Crippen LogP contribution in [0.3, 0.4) is 0 Å². The lowest BCUT2D eigenvalue weighted by Crippen LogP contribution is -2.37. The summed E-state index contributed by atoms with van der Waals surface area (Å²) < 4.78 is 0. The van der Waals surface area contributed by atoms with Crippen LogP contribution in [-0.2, 0) is 4.79 Å². The number of nitrogens with one attached hydrogen (secondary N) is 2. The van der Waals surface area contributed by atoms with Crippen LogP contribution in [0.25, 0.3) is 22.0 Å². The van der Waals surface area contributed by atoms with E-state index in [9.17, 15) is 4.79 Å². The number of pyridine rings is 1. The van der Waals surface area contributed by atoms with Gasteiger partial charge < -0.3 is 10.6 Å². The molecule has 170 valence electrons. The van der Waals surface area contributed by atoms with Crippen LogP contribution < -0.4 is 10.6 Å². The van der Waals surface area contributed by atoms with E-state index in [-0.39, 0.29) is 17.9 Å². The Balaban J connectivity index is 1.56. The molecule has 1 amide bonds. The molecule has 6 nitrogen and oxygen atoms in total. The molecule has 1 aliphatic rings. The van der Waals surface area contributed by atoms with Gasteiger partial charge in [0.05, 0.1) is 5.52 Å². The topological polar surface area (TPSA) is 79.8 Å². The molecule has 2 N–H and O–H groups in total. The standard InChI is InChI=1S/C28H27N5O/c1-2-26(34)31-24-12-6-8-19(15-24)25-16-21(20-9-7-13-29-17-20)14-22-18-30-28(33-27(22)25)32-23-10-4-3-5-11-23/h2-5,7,9-11,13-14,16-19,24H,1,6,8,12,15H2,(H,31,34)(H,30,32,33). The van der Waals surface area contributed by atoms with Gasteiger partial charge in [0, 0.05) is 41.3 Å². The van der Waals surface area contributed by atoms with Crippen LogP contribution in [-0.4, -0.2) is 26.9 Å². The Hall–Kier alpha value is -4.06. The predicted molar refractivity (Wildman–Crippen MR) is 136 cm³/mol. The highest BCUT2D eigenvalue weighted by atomic mass is 16.1. The average molecular weight is 450 g/mol. The van der Waals surface area contributed by atoms with Crippen molar-refractivity contribution in [2.24, 2.45) is 0 Å². The van der Waals surface area contributed by atoms with Gasteiger partial charge in [-0.05, 0) is 72.7 Å². The summed E-state index contributed by atoms with van der Waals surface area (Å²) in [6, 6.07) is 18.4. The van der Waals surface area contributed by atoms with Gasteiger partial charge in [0.1, 0.15) is 0 Å². The number of aromatic nitrogens is 3. The minimum atomic E-state index is -0.115. The molecule has 2 aromatic heterocycles. The van der Waals surface area contributed by atoms with Gasteiger partial charge in [-0.2, -0.15) is 0 Å². The number of hydrogen-bond acceptors (Lipinski definition) is 5. The predicted octanol–water partition coefficient (Wildman–Crippen LogP) is 5.76. The van der Waals surface area contributed by atoms with Crippen LogP contribution in [0.2, 0.25) is 0 Å². The Morgan fingerprint density at radius 3 is 2.71 bits per heavy atom. The summed E-state index contributed by atoms with van der Waals surface area (Å²) in [5.74, 6) is 0.736. The highest BCUT2D eigenvalue weighted by molar-refractivity contribution is 5.88. The fourth-order valence-electron chi connectivity index (χ4n) is 4.76. The van der Waals surface area contributed by atoms with Crippen molar-refractivity contribution < 1.29 is 4.79 Å². The maximum Gasteiger partial charge on any atom is 0.243 e. The van der Waals surface area contributed by atoms with E-state index in [4.69, 9.17) is 4.98 Å². The van der Waals surface area contributed by atoms with Crippen molar-refractivity contribution in [1.29, 1.82) is 0 Å². The van der Waals surface area contributed by atoms with Gasteiger partial charge >= 0.3 is 0 Å². The van der Waals surface area contributed by atoms with Crippen molar-refractivity contribution in [3.63, 3.8) is 0 Å². The number of nitrogens with zero attached hydrogens (tertiary/aromatic N) is 3. The number of fused-ring (bicyclic) bond motifs is 1. The first-order chi connectivity index (χ1) is 16.7. The highest BCUT2D eigenvalue weighted by Crippen LogP contribution is 2.38. The molecule has 0 saturated heterocycles. The second-order valence-electron chi connectivity index (χ2n) is 8.70. The van der Waals surface area contributed by atoms with Crippen molar-refractivity contribution in [3.05, 3.63) is 91.4 Å². The van der Waals surface area contributed by atoms with E-state index in [1.807, 2.05) is 48.8 Å². The maximum absolute atomic E-state index is 11.9. The van der Waals surface area contributed by atoms with E-state index >= 15 is 0 Å². The third-order valence-electron chi connectivity index (χ3n) is 6.38. The van der Waals surface area contributed by atoms with Gasteiger partial charge in [0.2, 0.25) is 11.9 Å². The van der Waals surface area contributed by atoms with Crippen LogP contribution in [0.4, 0.5) is 11.6 Å². The second kappa shape index (κ2) is 9.83. The summed E-state index contributed by atoms with van der Waals surface area (Å²) in [7, 11) is 0. The van der Waals surface area contributed by atoms with Gasteiger partial charge in [-0.15, -0.1) is 0 Å². The van der Waals surface area contributed by atoms with Crippen LogP contribution in [0.1, 0.15) is 37.2 Å². The third kappa shape index (κ3) is 4.81. The van der Waals surface area contributed by atoms with E-state index in [0.29, 0.717) is 5.95 Å². The molecule has 0 bridgehead atoms. The minimum absolute atomic E-state index is 0.115. The number of anilines is 2. The molecule has 2 atom stereocenters. The Morgan fingerprint density at radius 1 is 1.03 bits per heavy atom. The molecular formula is C28H27N5O. The fraction of sp³-hybridized carbons (Fsp3) is 0.214. The maximum atomic E-state index is 11.9. The smallest absolute Gasteiger partial charge is 0.243 e. The highest BCUT2D eigenvalue weighted by Gasteiger charge is 2.26. The Bertz CT molecular complexity index is 1310. The van der Waals surface area contributed by atoms with Gasteiger partial charge in [0.15, 0.2) is 0 Å². The van der Waals surface area contributed by atoms with Crippen molar-refractivity contribution >= 4 is 28.4 Å². The second-order valence-corrected chi connectivity index (χ2v) is 8.70. The summed E-state index contributed by atoms with van der Waals surface area (Å²) in [4.78, 5) is 25.8. The van der Waals surface area contributed by atoms with Crippen molar-refractivity contribution in [2.75, 3.05) is 5.32 Å². The zero-order valence-electron chi connectivity index (χ0n) is 18.9. The number of carbonyl (C=O) groups excluding carboxylic acids is 1. The quantitative estimate of drug-likeness (QED) is 0.366. The molecule has 2 heterocycles. The first kappa shape index (κ1) is 21.8. The number of amides is 1. The lowest BCUT2D eigenvalue weighted by atomic mass is 9.80. The van der Waals surface area contributed by atoms with Gasteiger partial charge in [-0.25, -0.2) is 9.97 Å². The molecule has 1 fully saturated rings. The molecule has 4 aromatic rings. The van der Waals surface area contributed by atoms with Crippen LogP contribution in [0.15, 0.2) is 85.8 Å². The van der Waals surface area contributed by atoms with E-state index in [1.54, 1.807) is 6.20 Å². The molecule has 34 heavy (non-hydrogen) atoms. The first-order valence-electron chi connectivity index (χ1n) is 11.7. The lowest BCUT2D eigenvalue weighted by molar-refractivity contribution is -0.117. The molecule has 0 aliphatic heterocycles. The summed E-state index contributed by atoms with van der Waals surface area (Å²) in [6.45, 7) is 3.59. The van der Waals surface area contributed by atoms with E-state index in [0.717, 1.165) is 53.4 Å². The van der Waals surface area contributed by atoms with Crippen LogP contribution >= 0.6 is 0 Å². The normalized spacial score (nSPS) is 17.8. The molecule has 1 aliphatic carbocycles. The van der Waals surface area contributed by atoms with Crippen LogP contribution in [0.5, 0.6) is 0 Å². The zero-order chi connectivity index (χ0) is 23.3. The largest absolute Gasteiger partial charge is 0.350 e. The molecule has 2 unspecified atom stereocenters. The molecule has 6 heteroatoms. The molecule has 5 rings (SSSR count). The zero-order valence-corrected chi connectivity index (χ0v) is 18.9. The number of benzene rings is 2. The number of para-hydroxylation sites is 1. The molecule has 1 saturated carbocycles. The number of rotatable bonds is 6. The van der Waals surface area contributed by atoms with Gasteiger partial charge in [0.25, 0.3) is 0 Å². The number of hydrogen-bond donors (Lipinski definition) is 2. The van der Waals surface area contributed by atoms with E-state index < -0.39 is 0 Å². The third-order valence-corrected chi connectivity index (χ3v) is 6.38. The molecular weight excluding hydrogens is 422 g/mol. The molecule has 0 radical (unpaired) electrons. The van der Waals surface area contributed by atoms with E-state index in [2.05, 4.69) is 45.4 Å². The van der Waals surface area contributed by atoms with Crippen LogP contribution in [0, 0.1) is 0 Å². The minimum Gasteiger partial charge on any atom is -0.350 e. The first-order valence-corrected chi connectivity index (χ1v) is 11.7. The summed E-state index contributed by atoms with van der Waals surface area (Å²) >= 11 is 0. The summed E-state index contributed by atoms with van der Waals surface area (Å²) in [5.41, 5.74) is 5.24. The SMILES string of the molecule is C=CC(=O)NC1CCCC(c2cc(-c3cccnc3)cc3cnc(Nc4ccccc4)nc23)C1. The molecule has 2 aromatic carbocycles. The Labute approximate surface area is 199 Å². The summed E-state index contributed by atoms with van der Waals surface area (Å²) in [6.07, 6.45) is 10.8. The summed E-state index contributed by atoms with van der Waals surface area (Å²) in [5, 5.41) is 7.40. The van der Waals surface area contributed by atoms with Gasteiger partial charge in [-0.1, -0.05) is 37.3 Å². The van der Waals surface area contributed by atoms with Crippen molar-refractivity contribution in [2.45, 2.75) is 37.6 Å². The number of carbonyl (C=O) groups is 1.